The standard InChI is InChI=1S/C12H22N2O6S/c1-21(18,19)6-4-10(11(15)16)14-12(17)13-7-9-3-2-5-20-8-9/h9-10H,2-8H2,1H3,(H,15,16)(H2,13,14,17). The van der Waals surface area contributed by atoms with Crippen molar-refractivity contribution in [2.24, 2.45) is 5.92 Å². The number of ether oxygens (including phenoxy) is 1. The average Bonchev–Trinajstić information content (AvgIpc) is 2.41. The predicted molar refractivity (Wildman–Crippen MR) is 75.8 cm³/mol. The number of carbonyl (C=O) groups is 2. The topological polar surface area (TPSA) is 122 Å². The van der Waals surface area contributed by atoms with Crippen LogP contribution in [-0.2, 0) is 19.4 Å². The van der Waals surface area contributed by atoms with E-state index in [1.807, 2.05) is 0 Å². The molecular formula is C12H22N2O6S. The summed E-state index contributed by atoms with van der Waals surface area (Å²) in [6, 6.07) is -1.83. The molecule has 1 fully saturated rings. The Labute approximate surface area is 124 Å². The van der Waals surface area contributed by atoms with E-state index in [-0.39, 0.29) is 18.1 Å². The Bertz CT molecular complexity index is 458. The van der Waals surface area contributed by atoms with E-state index in [4.69, 9.17) is 9.84 Å². The fourth-order valence-corrected chi connectivity index (χ4v) is 2.67. The third kappa shape index (κ3) is 7.86. The number of hydrogen-bond donors (Lipinski definition) is 3. The molecule has 2 amide bonds. The Kier molecular flexibility index (Phi) is 6.90. The summed E-state index contributed by atoms with van der Waals surface area (Å²) in [5, 5.41) is 13.8. The molecule has 2 atom stereocenters. The third-order valence-electron chi connectivity index (χ3n) is 3.19. The third-order valence-corrected chi connectivity index (χ3v) is 4.16. The number of carboxylic acid groups (broad SMARTS) is 1. The molecule has 0 radical (unpaired) electrons. The first-order valence-corrected chi connectivity index (χ1v) is 8.86. The van der Waals surface area contributed by atoms with Gasteiger partial charge in [-0.05, 0) is 25.2 Å². The summed E-state index contributed by atoms with van der Waals surface area (Å²) in [5.41, 5.74) is 0. The molecule has 0 spiro atoms. The van der Waals surface area contributed by atoms with Crippen LogP contribution < -0.4 is 10.6 Å². The Hall–Kier alpha value is -1.35. The second-order valence-corrected chi connectivity index (χ2v) is 7.51. The van der Waals surface area contributed by atoms with Crippen molar-refractivity contribution < 1.29 is 27.9 Å². The van der Waals surface area contributed by atoms with Gasteiger partial charge in [0, 0.05) is 19.4 Å². The van der Waals surface area contributed by atoms with Gasteiger partial charge in [0.25, 0.3) is 0 Å². The highest BCUT2D eigenvalue weighted by Gasteiger charge is 2.22. The highest BCUT2D eigenvalue weighted by atomic mass is 32.2. The van der Waals surface area contributed by atoms with Crippen LogP contribution in [0.5, 0.6) is 0 Å². The Balaban J connectivity index is 2.35. The van der Waals surface area contributed by atoms with E-state index < -0.39 is 27.9 Å². The summed E-state index contributed by atoms with van der Waals surface area (Å²) in [6.07, 6.45) is 2.76. The first-order valence-electron chi connectivity index (χ1n) is 6.80. The number of urea groups is 1. The number of hydrogen-bond acceptors (Lipinski definition) is 5. The average molecular weight is 322 g/mol. The number of rotatable bonds is 7. The zero-order chi connectivity index (χ0) is 15.9. The Morgan fingerprint density at radius 1 is 1.43 bits per heavy atom. The predicted octanol–water partition coefficient (Wildman–Crippen LogP) is -0.400. The molecule has 0 aromatic heterocycles. The maximum atomic E-state index is 11.6. The second kappa shape index (κ2) is 8.18. The van der Waals surface area contributed by atoms with Crippen LogP contribution in [0.3, 0.4) is 0 Å². The van der Waals surface area contributed by atoms with Crippen molar-refractivity contribution in [3.05, 3.63) is 0 Å². The van der Waals surface area contributed by atoms with E-state index in [0.29, 0.717) is 13.2 Å². The van der Waals surface area contributed by atoms with Crippen LogP contribution in [-0.4, -0.2) is 63.3 Å². The van der Waals surface area contributed by atoms with Crippen molar-refractivity contribution in [1.82, 2.24) is 10.6 Å². The minimum atomic E-state index is -3.27. The molecule has 8 nitrogen and oxygen atoms in total. The van der Waals surface area contributed by atoms with Gasteiger partial charge in [0.05, 0.1) is 12.4 Å². The van der Waals surface area contributed by atoms with E-state index in [1.165, 1.54) is 0 Å². The molecule has 1 aliphatic heterocycles. The van der Waals surface area contributed by atoms with Gasteiger partial charge in [0.1, 0.15) is 15.9 Å². The van der Waals surface area contributed by atoms with E-state index in [1.54, 1.807) is 0 Å². The van der Waals surface area contributed by atoms with E-state index in [0.717, 1.165) is 25.7 Å². The van der Waals surface area contributed by atoms with Crippen molar-refractivity contribution in [2.75, 3.05) is 31.8 Å². The fourth-order valence-electron chi connectivity index (χ4n) is 2.00. The Morgan fingerprint density at radius 2 is 2.14 bits per heavy atom. The number of carboxylic acids is 1. The molecule has 0 aromatic carbocycles. The molecule has 0 aromatic rings. The molecule has 1 aliphatic rings. The number of carbonyl (C=O) groups excluding carboxylic acids is 1. The Morgan fingerprint density at radius 3 is 2.67 bits per heavy atom. The molecule has 9 heteroatoms. The van der Waals surface area contributed by atoms with Gasteiger partial charge in [-0.2, -0.15) is 0 Å². The summed E-state index contributed by atoms with van der Waals surface area (Å²) in [5.74, 6) is -1.32. The molecule has 0 bridgehead atoms. The van der Waals surface area contributed by atoms with Crippen molar-refractivity contribution in [1.29, 1.82) is 0 Å². The molecule has 0 aliphatic carbocycles. The largest absolute Gasteiger partial charge is 0.480 e. The fraction of sp³-hybridized carbons (Fsp3) is 0.833. The monoisotopic (exact) mass is 322 g/mol. The smallest absolute Gasteiger partial charge is 0.326 e. The first kappa shape index (κ1) is 17.7. The lowest BCUT2D eigenvalue weighted by atomic mass is 10.0. The highest BCUT2D eigenvalue weighted by molar-refractivity contribution is 7.90. The molecule has 21 heavy (non-hydrogen) atoms. The molecule has 1 heterocycles. The van der Waals surface area contributed by atoms with Gasteiger partial charge < -0.3 is 20.5 Å². The molecular weight excluding hydrogens is 300 g/mol. The highest BCUT2D eigenvalue weighted by Crippen LogP contribution is 2.11. The minimum absolute atomic E-state index is 0.159. The molecule has 1 rings (SSSR count). The van der Waals surface area contributed by atoms with Crippen molar-refractivity contribution in [3.63, 3.8) is 0 Å². The van der Waals surface area contributed by atoms with Crippen molar-refractivity contribution >= 4 is 21.8 Å². The molecule has 122 valence electrons. The van der Waals surface area contributed by atoms with E-state index in [9.17, 15) is 18.0 Å². The maximum Gasteiger partial charge on any atom is 0.326 e. The van der Waals surface area contributed by atoms with E-state index >= 15 is 0 Å². The number of aliphatic carboxylic acids is 1. The summed E-state index contributed by atoms with van der Waals surface area (Å²) in [4.78, 5) is 22.6. The van der Waals surface area contributed by atoms with Crippen LogP contribution in [0, 0.1) is 5.92 Å². The van der Waals surface area contributed by atoms with Gasteiger partial charge in [-0.25, -0.2) is 18.0 Å². The van der Waals surface area contributed by atoms with Crippen LogP contribution in [0.2, 0.25) is 0 Å². The SMILES string of the molecule is CS(=O)(=O)CCC(NC(=O)NCC1CCCOC1)C(=O)O. The molecule has 3 N–H and O–H groups in total. The van der Waals surface area contributed by atoms with Gasteiger partial charge >= 0.3 is 12.0 Å². The van der Waals surface area contributed by atoms with Crippen LogP contribution in [0.15, 0.2) is 0 Å². The summed E-state index contributed by atoms with van der Waals surface area (Å²) in [7, 11) is -3.27. The first-order chi connectivity index (χ1) is 9.78. The van der Waals surface area contributed by atoms with Crippen LogP contribution in [0.1, 0.15) is 19.3 Å². The van der Waals surface area contributed by atoms with Crippen LogP contribution in [0.4, 0.5) is 4.79 Å². The zero-order valence-corrected chi connectivity index (χ0v) is 12.8. The molecule has 1 saturated heterocycles. The summed E-state index contributed by atoms with van der Waals surface area (Å²) in [6.45, 7) is 1.72. The van der Waals surface area contributed by atoms with Crippen molar-refractivity contribution in [3.8, 4) is 0 Å². The zero-order valence-electron chi connectivity index (χ0n) is 12.0. The molecule has 2 unspecified atom stereocenters. The molecule has 0 saturated carbocycles. The normalized spacial score (nSPS) is 20.5. The van der Waals surface area contributed by atoms with Gasteiger partial charge in [0.2, 0.25) is 0 Å². The lowest BCUT2D eigenvalue weighted by molar-refractivity contribution is -0.139. The van der Waals surface area contributed by atoms with Gasteiger partial charge in [-0.3, -0.25) is 0 Å². The quantitative estimate of drug-likeness (QED) is 0.586. The van der Waals surface area contributed by atoms with Crippen molar-refractivity contribution in [2.45, 2.75) is 25.3 Å². The van der Waals surface area contributed by atoms with Gasteiger partial charge in [-0.15, -0.1) is 0 Å². The maximum absolute atomic E-state index is 11.6. The number of amides is 2. The van der Waals surface area contributed by atoms with Gasteiger partial charge in [0.15, 0.2) is 0 Å². The number of nitrogens with one attached hydrogen (secondary N) is 2. The lowest BCUT2D eigenvalue weighted by Gasteiger charge is -2.22. The van der Waals surface area contributed by atoms with Gasteiger partial charge in [-0.1, -0.05) is 0 Å². The summed E-state index contributed by atoms with van der Waals surface area (Å²) < 4.78 is 27.4. The second-order valence-electron chi connectivity index (χ2n) is 5.25. The lowest BCUT2D eigenvalue weighted by Crippen LogP contribution is -2.48. The number of sulfone groups is 1. The van der Waals surface area contributed by atoms with Crippen LogP contribution in [0.25, 0.3) is 0 Å². The summed E-state index contributed by atoms with van der Waals surface area (Å²) >= 11 is 0. The van der Waals surface area contributed by atoms with Crippen LogP contribution >= 0.6 is 0 Å². The minimum Gasteiger partial charge on any atom is -0.480 e. The van der Waals surface area contributed by atoms with E-state index in [2.05, 4.69) is 10.6 Å².